The summed E-state index contributed by atoms with van der Waals surface area (Å²) in [6.45, 7) is 0. The Hall–Kier alpha value is -2.48. The average Bonchev–Trinajstić information content (AvgIpc) is 2.44. The van der Waals surface area contributed by atoms with Crippen molar-refractivity contribution < 1.29 is 9.53 Å². The summed E-state index contributed by atoms with van der Waals surface area (Å²) in [7, 11) is 0. The van der Waals surface area contributed by atoms with Crippen LogP contribution in [-0.4, -0.2) is 15.9 Å². The van der Waals surface area contributed by atoms with Crippen LogP contribution in [0.4, 0.5) is 5.82 Å². The lowest BCUT2D eigenvalue weighted by molar-refractivity contribution is 0.0719. The van der Waals surface area contributed by atoms with Crippen molar-refractivity contribution in [1.29, 1.82) is 5.53 Å². The summed E-state index contributed by atoms with van der Waals surface area (Å²) in [4.78, 5) is 19.8. The monoisotopic (exact) mass is 275 g/mol. The van der Waals surface area contributed by atoms with Gasteiger partial charge in [0.25, 0.3) is 0 Å². The van der Waals surface area contributed by atoms with Crippen molar-refractivity contribution in [3.05, 3.63) is 42.1 Å². The van der Waals surface area contributed by atoms with Gasteiger partial charge in [-0.1, -0.05) is 23.4 Å². The van der Waals surface area contributed by atoms with E-state index in [1.54, 1.807) is 30.3 Å². The van der Waals surface area contributed by atoms with Crippen molar-refractivity contribution in [2.24, 2.45) is 5.22 Å². The van der Waals surface area contributed by atoms with Crippen molar-refractivity contribution in [3.8, 4) is 6.01 Å². The Kier molecular flexibility index (Phi) is 4.04. The number of benzene rings is 1. The van der Waals surface area contributed by atoms with Crippen LogP contribution in [0.5, 0.6) is 6.01 Å². The number of hydrogen-bond acceptors (Lipinski definition) is 7. The van der Waals surface area contributed by atoms with Gasteiger partial charge < -0.3 is 4.74 Å². The van der Waals surface area contributed by atoms with E-state index in [1.165, 1.54) is 6.20 Å². The van der Waals surface area contributed by atoms with Crippen LogP contribution in [0.15, 0.2) is 46.6 Å². The van der Waals surface area contributed by atoms with Crippen LogP contribution in [0.2, 0.25) is 0 Å². The molecule has 1 aromatic carbocycles. The number of rotatable bonds is 4. The summed E-state index contributed by atoms with van der Waals surface area (Å²) in [6, 6.07) is 8.33. The highest BCUT2D eigenvalue weighted by Crippen LogP contribution is 2.19. The molecule has 0 unspecified atom stereocenters. The van der Waals surface area contributed by atoms with Crippen LogP contribution in [0, 0.1) is 5.53 Å². The van der Waals surface area contributed by atoms with Gasteiger partial charge in [0.15, 0.2) is 5.82 Å². The van der Waals surface area contributed by atoms with Gasteiger partial charge in [0.05, 0.1) is 10.5 Å². The zero-order valence-corrected chi connectivity index (χ0v) is 10.5. The molecule has 19 heavy (non-hydrogen) atoms. The van der Waals surface area contributed by atoms with Gasteiger partial charge in [-0.3, -0.25) is 0 Å². The Morgan fingerprint density at radius 3 is 2.79 bits per heavy atom. The summed E-state index contributed by atoms with van der Waals surface area (Å²) < 4.78 is 5.00. The molecule has 96 valence electrons. The lowest BCUT2D eigenvalue weighted by atomic mass is 10.2. The molecule has 0 aliphatic heterocycles. The fraction of sp³-hybridized carbons (Fsp3) is 0. The first-order valence-electron chi connectivity index (χ1n) is 5.16. The quantitative estimate of drug-likeness (QED) is 0.344. The number of carbonyl (C=O) groups is 1. The molecule has 1 aromatic heterocycles. The van der Waals surface area contributed by atoms with E-state index in [4.69, 9.17) is 10.3 Å². The first-order valence-corrected chi connectivity index (χ1v) is 5.61. The average molecular weight is 275 g/mol. The Labute approximate surface area is 113 Å². The predicted octanol–water partition coefficient (Wildman–Crippen LogP) is 2.34. The third kappa shape index (κ3) is 3.26. The van der Waals surface area contributed by atoms with Crippen LogP contribution in [0.1, 0.15) is 10.4 Å². The maximum Gasteiger partial charge on any atom is 0.345 e. The minimum Gasteiger partial charge on any atom is -0.387 e. The second-order valence-corrected chi connectivity index (χ2v) is 3.85. The van der Waals surface area contributed by atoms with Crippen molar-refractivity contribution in [2.75, 3.05) is 5.43 Å². The molecule has 0 aliphatic rings. The summed E-state index contributed by atoms with van der Waals surface area (Å²) in [6.07, 6.45) is 1.34. The Morgan fingerprint density at radius 2 is 2.11 bits per heavy atom. The van der Waals surface area contributed by atoms with Gasteiger partial charge in [-0.05, 0) is 12.1 Å². The van der Waals surface area contributed by atoms with Crippen molar-refractivity contribution >= 4 is 24.4 Å². The molecule has 0 saturated heterocycles. The molecule has 2 rings (SSSR count). The Balaban J connectivity index is 2.17. The predicted molar refractivity (Wildman–Crippen MR) is 69.5 cm³/mol. The summed E-state index contributed by atoms with van der Waals surface area (Å²) >= 11 is 4.07. The van der Waals surface area contributed by atoms with Gasteiger partial charge in [0.2, 0.25) is 0 Å². The maximum atomic E-state index is 11.8. The van der Waals surface area contributed by atoms with Gasteiger partial charge in [0.1, 0.15) is 0 Å². The smallest absolute Gasteiger partial charge is 0.345 e. The topological polar surface area (TPSA) is 100 Å². The van der Waals surface area contributed by atoms with Gasteiger partial charge >= 0.3 is 12.0 Å². The lowest BCUT2D eigenvalue weighted by Gasteiger charge is -2.05. The summed E-state index contributed by atoms with van der Waals surface area (Å²) in [5.41, 5.74) is 9.39. The maximum absolute atomic E-state index is 11.8. The van der Waals surface area contributed by atoms with Gasteiger partial charge in [-0.2, -0.15) is 10.5 Å². The third-order valence-corrected chi connectivity index (χ3v) is 2.43. The highest BCUT2D eigenvalue weighted by Gasteiger charge is 2.11. The molecule has 0 spiro atoms. The summed E-state index contributed by atoms with van der Waals surface area (Å²) in [5, 5.41) is 2.97. The molecule has 2 N–H and O–H groups in total. The van der Waals surface area contributed by atoms with E-state index in [1.807, 2.05) is 0 Å². The molecule has 0 saturated carbocycles. The van der Waals surface area contributed by atoms with E-state index in [-0.39, 0.29) is 11.8 Å². The second kappa shape index (κ2) is 5.91. The number of esters is 1. The van der Waals surface area contributed by atoms with Crippen LogP contribution in [-0.2, 0) is 0 Å². The van der Waals surface area contributed by atoms with E-state index in [2.05, 4.69) is 33.2 Å². The standard InChI is InChI=1S/C11H9N5O2S/c12-16-15-9-8(19)6-13-11(14-9)18-10(17)7-4-2-1-3-5-7/h1-6,19H,(H2,12,13,14,15). The Morgan fingerprint density at radius 1 is 1.37 bits per heavy atom. The largest absolute Gasteiger partial charge is 0.387 e. The highest BCUT2D eigenvalue weighted by atomic mass is 32.1. The number of ether oxygens (including phenoxy) is 1. The SMILES string of the molecule is N=NNc1nc(OC(=O)c2ccccc2)ncc1S. The molecular weight excluding hydrogens is 266 g/mol. The number of thiol groups is 1. The number of anilines is 1. The van der Waals surface area contributed by atoms with Crippen molar-refractivity contribution in [3.63, 3.8) is 0 Å². The fourth-order valence-electron chi connectivity index (χ4n) is 1.26. The van der Waals surface area contributed by atoms with Gasteiger partial charge in [-0.15, -0.1) is 12.6 Å². The second-order valence-electron chi connectivity index (χ2n) is 3.37. The normalized spacial score (nSPS) is 9.74. The molecule has 0 atom stereocenters. The van der Waals surface area contributed by atoms with Crippen molar-refractivity contribution in [1.82, 2.24) is 9.97 Å². The number of nitrogens with zero attached hydrogens (tertiary/aromatic N) is 3. The zero-order valence-electron chi connectivity index (χ0n) is 9.57. The highest BCUT2D eigenvalue weighted by molar-refractivity contribution is 7.80. The fourth-order valence-corrected chi connectivity index (χ4v) is 1.42. The van der Waals surface area contributed by atoms with Crippen LogP contribution in [0.25, 0.3) is 0 Å². The van der Waals surface area contributed by atoms with Crippen LogP contribution in [0.3, 0.4) is 0 Å². The van der Waals surface area contributed by atoms with E-state index in [0.29, 0.717) is 10.5 Å². The van der Waals surface area contributed by atoms with E-state index < -0.39 is 5.97 Å². The van der Waals surface area contributed by atoms with Crippen molar-refractivity contribution in [2.45, 2.75) is 4.90 Å². The molecule has 0 fully saturated rings. The summed E-state index contributed by atoms with van der Waals surface area (Å²) in [5.74, 6) is -0.384. The molecule has 0 amide bonds. The molecule has 8 heteroatoms. The van der Waals surface area contributed by atoms with Crippen LogP contribution >= 0.6 is 12.6 Å². The molecule has 7 nitrogen and oxygen atoms in total. The minimum absolute atomic E-state index is 0.141. The van der Waals surface area contributed by atoms with E-state index in [9.17, 15) is 4.79 Å². The number of carbonyl (C=O) groups excluding carboxylic acids is 1. The zero-order chi connectivity index (χ0) is 13.7. The number of nitrogens with one attached hydrogen (secondary N) is 2. The van der Waals surface area contributed by atoms with Gasteiger partial charge in [0, 0.05) is 6.20 Å². The molecule has 1 heterocycles. The minimum atomic E-state index is -0.568. The van der Waals surface area contributed by atoms with Gasteiger partial charge in [-0.25, -0.2) is 15.2 Å². The number of aromatic nitrogens is 2. The first kappa shape index (κ1) is 13.0. The molecule has 0 radical (unpaired) electrons. The van der Waals surface area contributed by atoms with E-state index in [0.717, 1.165) is 0 Å². The first-order chi connectivity index (χ1) is 9.20. The number of hydrogen-bond donors (Lipinski definition) is 3. The third-order valence-electron chi connectivity index (χ3n) is 2.10. The van der Waals surface area contributed by atoms with Crippen LogP contribution < -0.4 is 10.2 Å². The Bertz CT molecular complexity index is 605. The molecule has 0 bridgehead atoms. The lowest BCUT2D eigenvalue weighted by Crippen LogP contribution is -2.11. The molecule has 0 aliphatic carbocycles. The molecular formula is C11H9N5O2S. The van der Waals surface area contributed by atoms with E-state index >= 15 is 0 Å². The molecule has 2 aromatic rings.